The Bertz CT molecular complexity index is 215. The minimum Gasteiger partial charge on any atom is -0.374 e. The number of allylic oxidation sites excluding steroid dienone is 1. The Kier molecular flexibility index (Phi) is 3.73. The average molecular weight is 180 g/mol. The zero-order valence-electron chi connectivity index (χ0n) is 8.97. The predicted molar refractivity (Wildman–Crippen MR) is 56.7 cm³/mol. The molecule has 0 amide bonds. The second-order valence-corrected chi connectivity index (χ2v) is 3.92. The van der Waals surface area contributed by atoms with Crippen LogP contribution in [0, 0.1) is 5.92 Å². The van der Waals surface area contributed by atoms with E-state index in [2.05, 4.69) is 26.5 Å². The summed E-state index contributed by atoms with van der Waals surface area (Å²) >= 11 is 0. The van der Waals surface area contributed by atoms with Crippen LogP contribution in [-0.4, -0.2) is 12.7 Å². The molecule has 0 aromatic carbocycles. The molecule has 1 rings (SSSR count). The molecule has 0 aromatic rings. The fourth-order valence-corrected chi connectivity index (χ4v) is 1.91. The first kappa shape index (κ1) is 10.5. The number of ether oxygens (including phenoxy) is 1. The van der Waals surface area contributed by atoms with Gasteiger partial charge in [-0.1, -0.05) is 23.8 Å². The van der Waals surface area contributed by atoms with Crippen LogP contribution < -0.4 is 0 Å². The van der Waals surface area contributed by atoms with E-state index in [1.807, 2.05) is 6.92 Å². The van der Waals surface area contributed by atoms with E-state index in [1.54, 1.807) is 0 Å². The average Bonchev–Trinajstić information content (AvgIpc) is 2.04. The van der Waals surface area contributed by atoms with Crippen LogP contribution in [0.1, 0.15) is 33.6 Å². The summed E-state index contributed by atoms with van der Waals surface area (Å²) in [6.45, 7) is 11.1. The fourth-order valence-electron chi connectivity index (χ4n) is 1.91. The van der Waals surface area contributed by atoms with Crippen LogP contribution in [0.25, 0.3) is 0 Å². The molecule has 1 heteroatoms. The van der Waals surface area contributed by atoms with E-state index in [9.17, 15) is 0 Å². The molecule has 0 aromatic heterocycles. The molecule has 0 heterocycles. The quantitative estimate of drug-likeness (QED) is 0.605. The highest BCUT2D eigenvalue weighted by molar-refractivity contribution is 5.15. The number of hydrogen-bond donors (Lipinski definition) is 0. The molecule has 2 atom stereocenters. The largest absolute Gasteiger partial charge is 0.374 e. The van der Waals surface area contributed by atoms with Crippen molar-refractivity contribution in [1.29, 1.82) is 0 Å². The third kappa shape index (κ3) is 2.70. The monoisotopic (exact) mass is 180 g/mol. The molecule has 13 heavy (non-hydrogen) atoms. The molecule has 1 nitrogen and oxygen atoms in total. The fraction of sp³-hybridized carbons (Fsp3) is 0.667. The topological polar surface area (TPSA) is 9.23 Å². The third-order valence-corrected chi connectivity index (χ3v) is 2.69. The van der Waals surface area contributed by atoms with E-state index in [-0.39, 0.29) is 6.10 Å². The van der Waals surface area contributed by atoms with Crippen molar-refractivity contribution < 1.29 is 4.74 Å². The Morgan fingerprint density at radius 2 is 2.38 bits per heavy atom. The Balaban J connectivity index is 2.69. The van der Waals surface area contributed by atoms with Gasteiger partial charge in [0.15, 0.2) is 0 Å². The standard InChI is InChI=1S/C12H20O/c1-5-13-12-8-10(4)6-7-11(12)9(2)3/h8,11-12H,2,5-7H2,1,3-4H3. The van der Waals surface area contributed by atoms with Gasteiger partial charge in [-0.25, -0.2) is 0 Å². The van der Waals surface area contributed by atoms with Crippen molar-refractivity contribution in [3.05, 3.63) is 23.8 Å². The summed E-state index contributed by atoms with van der Waals surface area (Å²) in [6, 6.07) is 0. The summed E-state index contributed by atoms with van der Waals surface area (Å²) in [5.41, 5.74) is 2.71. The van der Waals surface area contributed by atoms with Gasteiger partial charge in [-0.15, -0.1) is 0 Å². The molecule has 0 bridgehead atoms. The Morgan fingerprint density at radius 1 is 1.69 bits per heavy atom. The zero-order valence-corrected chi connectivity index (χ0v) is 8.97. The van der Waals surface area contributed by atoms with Crippen LogP contribution in [0.2, 0.25) is 0 Å². The first-order valence-corrected chi connectivity index (χ1v) is 5.09. The maximum Gasteiger partial charge on any atom is 0.0823 e. The molecule has 74 valence electrons. The summed E-state index contributed by atoms with van der Waals surface area (Å²) in [4.78, 5) is 0. The molecule has 0 N–H and O–H groups in total. The van der Waals surface area contributed by atoms with Crippen LogP contribution >= 0.6 is 0 Å². The van der Waals surface area contributed by atoms with E-state index < -0.39 is 0 Å². The van der Waals surface area contributed by atoms with Crippen molar-refractivity contribution in [3.8, 4) is 0 Å². The van der Waals surface area contributed by atoms with Crippen LogP contribution in [-0.2, 0) is 4.74 Å². The number of hydrogen-bond acceptors (Lipinski definition) is 1. The molecule has 1 aliphatic rings. The highest BCUT2D eigenvalue weighted by Crippen LogP contribution is 2.30. The normalized spacial score (nSPS) is 28.4. The lowest BCUT2D eigenvalue weighted by molar-refractivity contribution is 0.0572. The summed E-state index contributed by atoms with van der Waals surface area (Å²) in [5.74, 6) is 0.531. The zero-order chi connectivity index (χ0) is 9.84. The maximum atomic E-state index is 5.69. The second-order valence-electron chi connectivity index (χ2n) is 3.92. The van der Waals surface area contributed by atoms with Crippen LogP contribution in [0.15, 0.2) is 23.8 Å². The number of rotatable bonds is 3. The molecule has 0 spiro atoms. The van der Waals surface area contributed by atoms with E-state index >= 15 is 0 Å². The lowest BCUT2D eigenvalue weighted by Gasteiger charge is -2.29. The van der Waals surface area contributed by atoms with Crippen molar-refractivity contribution in [2.24, 2.45) is 5.92 Å². The van der Waals surface area contributed by atoms with E-state index in [1.165, 1.54) is 24.0 Å². The van der Waals surface area contributed by atoms with Gasteiger partial charge in [0.1, 0.15) is 0 Å². The van der Waals surface area contributed by atoms with Gasteiger partial charge >= 0.3 is 0 Å². The highest BCUT2D eigenvalue weighted by atomic mass is 16.5. The molecular weight excluding hydrogens is 160 g/mol. The molecule has 0 radical (unpaired) electrons. The SMILES string of the molecule is C=C(C)C1CCC(C)=CC1OCC. The van der Waals surface area contributed by atoms with Crippen molar-refractivity contribution in [1.82, 2.24) is 0 Å². The van der Waals surface area contributed by atoms with Crippen molar-refractivity contribution in [2.75, 3.05) is 6.61 Å². The molecule has 0 saturated carbocycles. The van der Waals surface area contributed by atoms with E-state index in [0.29, 0.717) is 5.92 Å². The summed E-state index contributed by atoms with van der Waals surface area (Å²) in [5, 5.41) is 0. The first-order valence-electron chi connectivity index (χ1n) is 5.09. The molecule has 0 fully saturated rings. The predicted octanol–water partition coefficient (Wildman–Crippen LogP) is 3.32. The van der Waals surface area contributed by atoms with Gasteiger partial charge in [-0.2, -0.15) is 0 Å². The van der Waals surface area contributed by atoms with Gasteiger partial charge in [0.2, 0.25) is 0 Å². The summed E-state index contributed by atoms with van der Waals surface area (Å²) in [6.07, 6.45) is 4.92. The van der Waals surface area contributed by atoms with Crippen LogP contribution in [0.5, 0.6) is 0 Å². The molecule has 1 aliphatic carbocycles. The van der Waals surface area contributed by atoms with Crippen molar-refractivity contribution in [3.63, 3.8) is 0 Å². The van der Waals surface area contributed by atoms with Crippen LogP contribution in [0.4, 0.5) is 0 Å². The minimum absolute atomic E-state index is 0.274. The van der Waals surface area contributed by atoms with Crippen molar-refractivity contribution in [2.45, 2.75) is 39.7 Å². The van der Waals surface area contributed by atoms with Crippen molar-refractivity contribution >= 4 is 0 Å². The van der Waals surface area contributed by atoms with E-state index in [0.717, 1.165) is 6.61 Å². The molecule has 0 saturated heterocycles. The van der Waals surface area contributed by atoms with Gasteiger partial charge in [0.25, 0.3) is 0 Å². The Labute approximate surface area is 81.5 Å². The van der Waals surface area contributed by atoms with Gasteiger partial charge in [-0.05, 0) is 33.6 Å². The smallest absolute Gasteiger partial charge is 0.0823 e. The van der Waals surface area contributed by atoms with Crippen LogP contribution in [0.3, 0.4) is 0 Å². The van der Waals surface area contributed by atoms with Gasteiger partial charge in [0.05, 0.1) is 6.10 Å². The lowest BCUT2D eigenvalue weighted by Crippen LogP contribution is -2.26. The summed E-state index contributed by atoms with van der Waals surface area (Å²) in [7, 11) is 0. The maximum absolute atomic E-state index is 5.69. The summed E-state index contributed by atoms with van der Waals surface area (Å²) < 4.78 is 5.69. The highest BCUT2D eigenvalue weighted by Gasteiger charge is 2.24. The Morgan fingerprint density at radius 3 is 2.92 bits per heavy atom. The third-order valence-electron chi connectivity index (χ3n) is 2.69. The van der Waals surface area contributed by atoms with Gasteiger partial charge in [0, 0.05) is 12.5 Å². The van der Waals surface area contributed by atoms with Gasteiger partial charge < -0.3 is 4.74 Å². The molecule has 2 unspecified atom stereocenters. The Hall–Kier alpha value is -0.560. The minimum atomic E-state index is 0.274. The first-order chi connectivity index (χ1) is 6.15. The second kappa shape index (κ2) is 4.61. The molecule has 0 aliphatic heterocycles. The van der Waals surface area contributed by atoms with E-state index in [4.69, 9.17) is 4.74 Å². The lowest BCUT2D eigenvalue weighted by atomic mass is 9.84. The molecular formula is C12H20O. The van der Waals surface area contributed by atoms with Gasteiger partial charge in [-0.3, -0.25) is 0 Å².